The van der Waals surface area contributed by atoms with Gasteiger partial charge in [0.05, 0.1) is 14.2 Å². The molecule has 1 aromatic carbocycles. The molecule has 0 spiro atoms. The van der Waals surface area contributed by atoms with E-state index in [1.807, 2.05) is 12.1 Å². The molecule has 1 rings (SSSR count). The average molecular weight is 209 g/mol. The molecular weight excluding hydrogens is 190 g/mol. The molecule has 0 aromatic heterocycles. The lowest BCUT2D eigenvalue weighted by Crippen LogP contribution is -2.02. The van der Waals surface area contributed by atoms with E-state index in [0.717, 1.165) is 30.2 Å². The Balaban J connectivity index is 2.97. The first-order valence-corrected chi connectivity index (χ1v) is 5.19. The van der Waals surface area contributed by atoms with E-state index in [2.05, 4.69) is 19.2 Å². The zero-order chi connectivity index (χ0) is 11.3. The first kappa shape index (κ1) is 11.7. The third kappa shape index (κ3) is 2.78. The van der Waals surface area contributed by atoms with Crippen LogP contribution in [0, 0.1) is 6.92 Å². The maximum Gasteiger partial charge on any atom is 0.162 e. The number of rotatable bonds is 5. The molecule has 0 unspecified atom stereocenters. The summed E-state index contributed by atoms with van der Waals surface area (Å²) in [5.41, 5.74) is 2.27. The lowest BCUT2D eigenvalue weighted by molar-refractivity contribution is 0.355. The molecule has 15 heavy (non-hydrogen) atoms. The summed E-state index contributed by atoms with van der Waals surface area (Å²) in [4.78, 5) is 0. The summed E-state index contributed by atoms with van der Waals surface area (Å²) in [5, 5.41) is 3.35. The van der Waals surface area contributed by atoms with Crippen molar-refractivity contribution < 1.29 is 9.47 Å². The zero-order valence-corrected chi connectivity index (χ0v) is 9.89. The minimum atomic E-state index is 0.765. The van der Waals surface area contributed by atoms with Crippen molar-refractivity contribution >= 4 is 5.69 Å². The molecule has 0 amide bonds. The van der Waals surface area contributed by atoms with Crippen LogP contribution in [0.3, 0.4) is 0 Å². The van der Waals surface area contributed by atoms with Crippen molar-refractivity contribution in [3.05, 3.63) is 17.7 Å². The van der Waals surface area contributed by atoms with Crippen LogP contribution in [0.2, 0.25) is 0 Å². The molecule has 3 nitrogen and oxygen atoms in total. The van der Waals surface area contributed by atoms with E-state index < -0.39 is 0 Å². The van der Waals surface area contributed by atoms with Crippen LogP contribution in [-0.4, -0.2) is 20.8 Å². The molecule has 1 N–H and O–H groups in total. The van der Waals surface area contributed by atoms with Crippen LogP contribution in [0.1, 0.15) is 18.9 Å². The highest BCUT2D eigenvalue weighted by molar-refractivity contribution is 5.60. The number of aryl methyl sites for hydroxylation is 1. The van der Waals surface area contributed by atoms with Gasteiger partial charge in [-0.25, -0.2) is 0 Å². The number of hydrogen-bond donors (Lipinski definition) is 1. The Labute approximate surface area is 91.4 Å². The SMILES string of the molecule is CCCNc1cc(OC)c(OC)cc1C. The first-order chi connectivity index (χ1) is 7.22. The summed E-state index contributed by atoms with van der Waals surface area (Å²) in [6.07, 6.45) is 1.10. The van der Waals surface area contributed by atoms with E-state index in [9.17, 15) is 0 Å². The van der Waals surface area contributed by atoms with Crippen LogP contribution in [0.25, 0.3) is 0 Å². The van der Waals surface area contributed by atoms with Gasteiger partial charge in [-0.3, -0.25) is 0 Å². The minimum absolute atomic E-state index is 0.765. The second-order valence-electron chi connectivity index (χ2n) is 3.45. The average Bonchev–Trinajstić information content (AvgIpc) is 2.27. The van der Waals surface area contributed by atoms with E-state index in [1.54, 1.807) is 14.2 Å². The molecule has 0 aliphatic heterocycles. The largest absolute Gasteiger partial charge is 0.493 e. The molecular formula is C12H19NO2. The molecule has 0 radical (unpaired) electrons. The van der Waals surface area contributed by atoms with Crippen molar-refractivity contribution in [1.29, 1.82) is 0 Å². The van der Waals surface area contributed by atoms with Gasteiger partial charge in [0.2, 0.25) is 0 Å². The number of methoxy groups -OCH3 is 2. The van der Waals surface area contributed by atoms with Crippen molar-refractivity contribution in [1.82, 2.24) is 0 Å². The molecule has 0 fully saturated rings. The maximum atomic E-state index is 5.25. The van der Waals surface area contributed by atoms with Gasteiger partial charge in [-0.05, 0) is 25.0 Å². The van der Waals surface area contributed by atoms with Crippen molar-refractivity contribution in [3.63, 3.8) is 0 Å². The molecule has 3 heteroatoms. The van der Waals surface area contributed by atoms with Crippen molar-refractivity contribution in [2.24, 2.45) is 0 Å². The van der Waals surface area contributed by atoms with Gasteiger partial charge in [-0.1, -0.05) is 6.92 Å². The van der Waals surface area contributed by atoms with E-state index >= 15 is 0 Å². The highest BCUT2D eigenvalue weighted by Gasteiger charge is 2.07. The molecule has 0 saturated heterocycles. The first-order valence-electron chi connectivity index (χ1n) is 5.19. The third-order valence-electron chi connectivity index (χ3n) is 2.30. The predicted octanol–water partition coefficient (Wildman–Crippen LogP) is 2.83. The fraction of sp³-hybridized carbons (Fsp3) is 0.500. The van der Waals surface area contributed by atoms with Crippen LogP contribution >= 0.6 is 0 Å². The van der Waals surface area contributed by atoms with Gasteiger partial charge in [0.15, 0.2) is 11.5 Å². The van der Waals surface area contributed by atoms with Crippen LogP contribution in [0.4, 0.5) is 5.69 Å². The summed E-state index contributed by atoms with van der Waals surface area (Å²) in [6, 6.07) is 3.96. The molecule has 84 valence electrons. The summed E-state index contributed by atoms with van der Waals surface area (Å²) < 4.78 is 10.5. The van der Waals surface area contributed by atoms with Crippen LogP contribution in [0.15, 0.2) is 12.1 Å². The summed E-state index contributed by atoms with van der Waals surface area (Å²) in [5.74, 6) is 1.54. The number of nitrogens with one attached hydrogen (secondary N) is 1. The van der Waals surface area contributed by atoms with Crippen LogP contribution in [-0.2, 0) is 0 Å². The van der Waals surface area contributed by atoms with E-state index in [1.165, 1.54) is 5.56 Å². The zero-order valence-electron chi connectivity index (χ0n) is 9.89. The summed E-state index contributed by atoms with van der Waals surface area (Å²) in [6.45, 7) is 5.17. The number of anilines is 1. The maximum absolute atomic E-state index is 5.25. The highest BCUT2D eigenvalue weighted by atomic mass is 16.5. The van der Waals surface area contributed by atoms with Gasteiger partial charge in [0, 0.05) is 18.3 Å². The lowest BCUT2D eigenvalue weighted by atomic mass is 10.1. The van der Waals surface area contributed by atoms with E-state index in [4.69, 9.17) is 9.47 Å². The predicted molar refractivity (Wildman–Crippen MR) is 63.1 cm³/mol. The lowest BCUT2D eigenvalue weighted by Gasteiger charge is -2.13. The molecule has 0 aliphatic carbocycles. The van der Waals surface area contributed by atoms with Crippen molar-refractivity contribution in [2.75, 3.05) is 26.1 Å². The van der Waals surface area contributed by atoms with Crippen molar-refractivity contribution in [3.8, 4) is 11.5 Å². The highest BCUT2D eigenvalue weighted by Crippen LogP contribution is 2.32. The number of benzene rings is 1. The molecule has 0 bridgehead atoms. The molecule has 0 aliphatic rings. The fourth-order valence-electron chi connectivity index (χ4n) is 1.43. The standard InChI is InChI=1S/C12H19NO2/c1-5-6-13-10-8-12(15-4)11(14-3)7-9(10)2/h7-8,13H,5-6H2,1-4H3. The Morgan fingerprint density at radius 2 is 1.73 bits per heavy atom. The van der Waals surface area contributed by atoms with Gasteiger partial charge in [-0.2, -0.15) is 0 Å². The minimum Gasteiger partial charge on any atom is -0.493 e. The Kier molecular flexibility index (Phi) is 4.28. The fourth-order valence-corrected chi connectivity index (χ4v) is 1.43. The second-order valence-corrected chi connectivity index (χ2v) is 3.45. The number of hydrogen-bond acceptors (Lipinski definition) is 3. The quantitative estimate of drug-likeness (QED) is 0.808. The topological polar surface area (TPSA) is 30.5 Å². The van der Waals surface area contributed by atoms with Gasteiger partial charge >= 0.3 is 0 Å². The molecule has 1 aromatic rings. The van der Waals surface area contributed by atoms with E-state index in [0.29, 0.717) is 0 Å². The van der Waals surface area contributed by atoms with Gasteiger partial charge < -0.3 is 14.8 Å². The normalized spacial score (nSPS) is 9.87. The van der Waals surface area contributed by atoms with Gasteiger partial charge in [0.1, 0.15) is 0 Å². The Morgan fingerprint density at radius 1 is 1.13 bits per heavy atom. The Morgan fingerprint density at radius 3 is 2.27 bits per heavy atom. The second kappa shape index (κ2) is 5.49. The van der Waals surface area contributed by atoms with Gasteiger partial charge in [0.25, 0.3) is 0 Å². The van der Waals surface area contributed by atoms with E-state index in [-0.39, 0.29) is 0 Å². The summed E-state index contributed by atoms with van der Waals surface area (Å²) >= 11 is 0. The monoisotopic (exact) mass is 209 g/mol. The smallest absolute Gasteiger partial charge is 0.162 e. The summed E-state index contributed by atoms with van der Waals surface area (Å²) in [7, 11) is 3.30. The third-order valence-corrected chi connectivity index (χ3v) is 2.30. The van der Waals surface area contributed by atoms with Crippen LogP contribution in [0.5, 0.6) is 11.5 Å². The molecule has 0 atom stereocenters. The molecule has 0 heterocycles. The Hall–Kier alpha value is -1.38. The Bertz CT molecular complexity index is 324. The van der Waals surface area contributed by atoms with Crippen LogP contribution < -0.4 is 14.8 Å². The molecule has 0 saturated carbocycles. The van der Waals surface area contributed by atoms with Gasteiger partial charge in [-0.15, -0.1) is 0 Å². The van der Waals surface area contributed by atoms with Crippen molar-refractivity contribution in [2.45, 2.75) is 20.3 Å². The number of ether oxygens (including phenoxy) is 2.